The maximum absolute atomic E-state index is 12.1. The molecule has 1 aromatic rings. The van der Waals surface area contributed by atoms with E-state index in [2.05, 4.69) is 5.32 Å². The highest BCUT2D eigenvalue weighted by Crippen LogP contribution is 2.19. The van der Waals surface area contributed by atoms with Crippen molar-refractivity contribution in [1.29, 1.82) is 0 Å². The molecule has 1 aliphatic rings. The van der Waals surface area contributed by atoms with Crippen LogP contribution in [0.5, 0.6) is 0 Å². The first-order valence-electron chi connectivity index (χ1n) is 6.40. The van der Waals surface area contributed by atoms with Crippen molar-refractivity contribution in [2.45, 2.75) is 25.8 Å². The zero-order valence-corrected chi connectivity index (χ0v) is 11.1. The first-order chi connectivity index (χ1) is 9.49. The second-order valence-corrected chi connectivity index (χ2v) is 4.76. The summed E-state index contributed by atoms with van der Waals surface area (Å²) >= 11 is 0. The van der Waals surface area contributed by atoms with Crippen LogP contribution < -0.4 is 5.32 Å². The molecule has 1 atom stereocenters. The lowest BCUT2D eigenvalue weighted by Crippen LogP contribution is -2.42. The minimum atomic E-state index is -0.991. The van der Waals surface area contributed by atoms with Gasteiger partial charge < -0.3 is 15.3 Å². The number of rotatable bonds is 3. The molecule has 0 saturated carbocycles. The largest absolute Gasteiger partial charge is 0.480 e. The number of nitrogens with one attached hydrogen (secondary N) is 1. The summed E-state index contributed by atoms with van der Waals surface area (Å²) in [7, 11) is 0. The molecule has 1 fully saturated rings. The summed E-state index contributed by atoms with van der Waals surface area (Å²) in [5.41, 5.74) is 0.984. The van der Waals surface area contributed by atoms with Crippen molar-refractivity contribution < 1.29 is 19.5 Å². The van der Waals surface area contributed by atoms with E-state index in [0.717, 1.165) is 0 Å². The van der Waals surface area contributed by atoms with Crippen molar-refractivity contribution in [2.24, 2.45) is 0 Å². The van der Waals surface area contributed by atoms with Crippen LogP contribution in [0.3, 0.4) is 0 Å². The van der Waals surface area contributed by atoms with Crippen LogP contribution in [0, 0.1) is 0 Å². The molecule has 0 unspecified atom stereocenters. The van der Waals surface area contributed by atoms with Gasteiger partial charge in [-0.1, -0.05) is 12.1 Å². The molecule has 6 nitrogen and oxygen atoms in total. The van der Waals surface area contributed by atoms with Gasteiger partial charge in [0.1, 0.15) is 6.04 Å². The van der Waals surface area contributed by atoms with E-state index in [0.29, 0.717) is 30.6 Å². The number of nitrogens with zero attached hydrogens (tertiary/aromatic N) is 1. The summed E-state index contributed by atoms with van der Waals surface area (Å²) in [5, 5.41) is 11.7. The zero-order valence-electron chi connectivity index (χ0n) is 11.1. The van der Waals surface area contributed by atoms with Crippen LogP contribution in [0.2, 0.25) is 0 Å². The van der Waals surface area contributed by atoms with Crippen molar-refractivity contribution in [3.05, 3.63) is 29.8 Å². The lowest BCUT2D eigenvalue weighted by Gasteiger charge is -2.21. The molecule has 0 bridgehead atoms. The monoisotopic (exact) mass is 276 g/mol. The Morgan fingerprint density at radius 2 is 2.10 bits per heavy atom. The van der Waals surface area contributed by atoms with E-state index >= 15 is 0 Å². The predicted molar refractivity (Wildman–Crippen MR) is 72.8 cm³/mol. The van der Waals surface area contributed by atoms with Crippen LogP contribution >= 0.6 is 0 Å². The first kappa shape index (κ1) is 14.0. The number of ketones is 1. The Balaban J connectivity index is 2.09. The van der Waals surface area contributed by atoms with Crippen molar-refractivity contribution >= 4 is 23.5 Å². The van der Waals surface area contributed by atoms with Crippen LogP contribution in [0.25, 0.3) is 0 Å². The summed E-state index contributed by atoms with van der Waals surface area (Å²) in [5.74, 6) is -1.08. The standard InChI is InChI=1S/C14H16N2O4/c1-9(17)10-4-2-5-11(8-10)15-14(20)16-7-3-6-12(16)13(18)19/h2,4-5,8,12H,3,6-7H2,1H3,(H,15,20)(H,18,19)/t12-/m1/s1. The topological polar surface area (TPSA) is 86.7 Å². The number of hydrogen-bond donors (Lipinski definition) is 2. The van der Waals surface area contributed by atoms with Gasteiger partial charge >= 0.3 is 12.0 Å². The number of carboxylic acids is 1. The number of carboxylic acid groups (broad SMARTS) is 1. The van der Waals surface area contributed by atoms with Crippen molar-refractivity contribution in [3.63, 3.8) is 0 Å². The smallest absolute Gasteiger partial charge is 0.326 e. The molecule has 1 aliphatic heterocycles. The van der Waals surface area contributed by atoms with Crippen LogP contribution in [0.4, 0.5) is 10.5 Å². The molecule has 2 N–H and O–H groups in total. The number of Topliss-reactive ketones (excluding diaryl/α,β-unsaturated/α-hetero) is 1. The highest BCUT2D eigenvalue weighted by Gasteiger charge is 2.33. The Labute approximate surface area is 116 Å². The number of urea groups is 1. The van der Waals surface area contributed by atoms with Gasteiger partial charge in [-0.3, -0.25) is 4.79 Å². The normalized spacial score (nSPS) is 17.9. The Morgan fingerprint density at radius 3 is 2.75 bits per heavy atom. The van der Waals surface area contributed by atoms with Crippen LogP contribution in [-0.2, 0) is 4.79 Å². The highest BCUT2D eigenvalue weighted by atomic mass is 16.4. The fourth-order valence-electron chi connectivity index (χ4n) is 2.28. The minimum absolute atomic E-state index is 0.0920. The van der Waals surface area contributed by atoms with Crippen LogP contribution in [-0.4, -0.2) is 40.4 Å². The fourth-order valence-corrected chi connectivity index (χ4v) is 2.28. The van der Waals surface area contributed by atoms with Crippen LogP contribution in [0.15, 0.2) is 24.3 Å². The maximum Gasteiger partial charge on any atom is 0.326 e. The number of carbonyl (C=O) groups is 3. The van der Waals surface area contributed by atoms with Gasteiger partial charge in [-0.2, -0.15) is 0 Å². The van der Waals surface area contributed by atoms with E-state index in [-0.39, 0.29) is 5.78 Å². The van der Waals surface area contributed by atoms with E-state index in [4.69, 9.17) is 5.11 Å². The summed E-state index contributed by atoms with van der Waals surface area (Å²) in [6, 6.07) is 5.35. The third-order valence-corrected chi connectivity index (χ3v) is 3.32. The summed E-state index contributed by atoms with van der Waals surface area (Å²) in [6.07, 6.45) is 1.15. The first-order valence-corrected chi connectivity index (χ1v) is 6.40. The number of aliphatic carboxylic acids is 1. The molecular weight excluding hydrogens is 260 g/mol. The maximum atomic E-state index is 12.1. The van der Waals surface area contributed by atoms with Crippen LogP contribution in [0.1, 0.15) is 30.1 Å². The molecule has 0 radical (unpaired) electrons. The molecule has 6 heteroatoms. The van der Waals surface area contributed by atoms with Gasteiger partial charge in [0.05, 0.1) is 0 Å². The van der Waals surface area contributed by atoms with Gasteiger partial charge in [0.15, 0.2) is 5.78 Å². The Kier molecular flexibility index (Phi) is 4.02. The van der Waals surface area contributed by atoms with Gasteiger partial charge in [-0.15, -0.1) is 0 Å². The van der Waals surface area contributed by atoms with Crippen molar-refractivity contribution in [2.75, 3.05) is 11.9 Å². The Morgan fingerprint density at radius 1 is 1.35 bits per heavy atom. The van der Waals surface area contributed by atoms with Gasteiger partial charge in [0.2, 0.25) is 0 Å². The number of benzene rings is 1. The van der Waals surface area contributed by atoms with Gasteiger partial charge in [-0.25, -0.2) is 9.59 Å². The summed E-state index contributed by atoms with van der Waals surface area (Å²) in [6.45, 7) is 1.87. The molecule has 2 amide bonds. The lowest BCUT2D eigenvalue weighted by atomic mass is 10.1. The lowest BCUT2D eigenvalue weighted by molar-refractivity contribution is -0.141. The van der Waals surface area contributed by atoms with Crippen molar-refractivity contribution in [1.82, 2.24) is 4.90 Å². The SMILES string of the molecule is CC(=O)c1cccc(NC(=O)N2CCC[C@@H]2C(=O)O)c1. The molecule has 20 heavy (non-hydrogen) atoms. The fraction of sp³-hybridized carbons (Fsp3) is 0.357. The Bertz CT molecular complexity index is 556. The van der Waals surface area contributed by atoms with Gasteiger partial charge in [0, 0.05) is 17.8 Å². The summed E-state index contributed by atoms with van der Waals surface area (Å²) < 4.78 is 0. The molecular formula is C14H16N2O4. The third-order valence-electron chi connectivity index (χ3n) is 3.32. The Hall–Kier alpha value is -2.37. The van der Waals surface area contributed by atoms with E-state index in [9.17, 15) is 14.4 Å². The number of carbonyl (C=O) groups excluding carboxylic acids is 2. The predicted octanol–water partition coefficient (Wildman–Crippen LogP) is 1.97. The molecule has 0 spiro atoms. The quantitative estimate of drug-likeness (QED) is 0.826. The van der Waals surface area contributed by atoms with E-state index < -0.39 is 18.0 Å². The van der Waals surface area contributed by atoms with Crippen molar-refractivity contribution in [3.8, 4) is 0 Å². The second-order valence-electron chi connectivity index (χ2n) is 4.76. The molecule has 1 heterocycles. The van der Waals surface area contributed by atoms with Gasteiger partial charge in [0.25, 0.3) is 0 Å². The van der Waals surface area contributed by atoms with E-state index in [1.54, 1.807) is 24.3 Å². The molecule has 0 aromatic heterocycles. The number of likely N-dealkylation sites (tertiary alicyclic amines) is 1. The number of anilines is 1. The molecule has 1 saturated heterocycles. The zero-order chi connectivity index (χ0) is 14.7. The molecule has 106 valence electrons. The third kappa shape index (κ3) is 2.96. The molecule has 1 aromatic carbocycles. The number of hydrogen-bond acceptors (Lipinski definition) is 3. The molecule has 2 rings (SSSR count). The van der Waals surface area contributed by atoms with Gasteiger partial charge in [-0.05, 0) is 31.9 Å². The number of amides is 2. The summed E-state index contributed by atoms with van der Waals surface area (Å²) in [4.78, 5) is 35.7. The van der Waals surface area contributed by atoms with E-state index in [1.165, 1.54) is 11.8 Å². The average Bonchev–Trinajstić information content (AvgIpc) is 2.88. The second kappa shape index (κ2) is 5.73. The minimum Gasteiger partial charge on any atom is -0.480 e. The molecule has 0 aliphatic carbocycles. The highest BCUT2D eigenvalue weighted by molar-refractivity contribution is 5.97. The average molecular weight is 276 g/mol. The van der Waals surface area contributed by atoms with E-state index in [1.807, 2.05) is 0 Å².